The molecule has 1 unspecified atom stereocenters. The maximum atomic E-state index is 12.5. The number of fused-ring (bicyclic) bond motifs is 1. The summed E-state index contributed by atoms with van der Waals surface area (Å²) in [6, 6.07) is 8.80. The first-order chi connectivity index (χ1) is 14.7. The summed E-state index contributed by atoms with van der Waals surface area (Å²) in [5, 5.41) is 3.65. The van der Waals surface area contributed by atoms with Gasteiger partial charge in [0.2, 0.25) is 5.76 Å². The van der Waals surface area contributed by atoms with Gasteiger partial charge in [0, 0.05) is 31.7 Å². The molecule has 4 rings (SSSR count). The number of carbonyl (C=O) groups is 1. The van der Waals surface area contributed by atoms with Crippen LogP contribution in [-0.4, -0.2) is 60.2 Å². The van der Waals surface area contributed by atoms with Crippen molar-refractivity contribution in [1.29, 1.82) is 0 Å². The molecule has 6 heteroatoms. The second kappa shape index (κ2) is 9.65. The normalized spacial score (nSPS) is 19.7. The summed E-state index contributed by atoms with van der Waals surface area (Å²) in [5.41, 5.74) is 2.92. The van der Waals surface area contributed by atoms with E-state index in [9.17, 15) is 4.79 Å². The van der Waals surface area contributed by atoms with Gasteiger partial charge < -0.3 is 14.2 Å². The smallest absolute Gasteiger partial charge is 0.292 e. The fourth-order valence-electron chi connectivity index (χ4n) is 4.99. The molecule has 1 aliphatic carbocycles. The SMILES string of the molecule is CCCN(CC1CCN(C(=O)c2ccno2)CC1)C1CCc2cc(OC)ccc2C1. The van der Waals surface area contributed by atoms with E-state index >= 15 is 0 Å². The van der Waals surface area contributed by atoms with Crippen molar-refractivity contribution in [2.75, 3.05) is 33.3 Å². The number of rotatable bonds is 7. The van der Waals surface area contributed by atoms with Gasteiger partial charge in [0.25, 0.3) is 5.91 Å². The van der Waals surface area contributed by atoms with Crippen molar-refractivity contribution in [3.05, 3.63) is 47.3 Å². The average molecular weight is 412 g/mol. The minimum atomic E-state index is -0.0318. The van der Waals surface area contributed by atoms with Gasteiger partial charge in [-0.25, -0.2) is 0 Å². The summed E-state index contributed by atoms with van der Waals surface area (Å²) in [4.78, 5) is 17.1. The Morgan fingerprint density at radius 3 is 2.77 bits per heavy atom. The summed E-state index contributed by atoms with van der Waals surface area (Å²) in [6.45, 7) is 6.16. The van der Waals surface area contributed by atoms with Crippen LogP contribution in [0.3, 0.4) is 0 Å². The Balaban J connectivity index is 1.33. The molecular weight excluding hydrogens is 378 g/mol. The number of aryl methyl sites for hydroxylation is 1. The van der Waals surface area contributed by atoms with Gasteiger partial charge in [-0.05, 0) is 74.2 Å². The molecule has 0 bridgehead atoms. The molecule has 2 aliphatic rings. The monoisotopic (exact) mass is 411 g/mol. The molecule has 2 aromatic rings. The van der Waals surface area contributed by atoms with Gasteiger partial charge in [-0.15, -0.1) is 0 Å². The van der Waals surface area contributed by atoms with Gasteiger partial charge in [-0.1, -0.05) is 18.1 Å². The lowest BCUT2D eigenvalue weighted by Gasteiger charge is -2.39. The molecule has 2 heterocycles. The van der Waals surface area contributed by atoms with Crippen LogP contribution in [0, 0.1) is 5.92 Å². The zero-order chi connectivity index (χ0) is 20.9. The molecule has 0 N–H and O–H groups in total. The quantitative estimate of drug-likeness (QED) is 0.694. The van der Waals surface area contributed by atoms with E-state index in [1.165, 1.54) is 30.2 Å². The highest BCUT2D eigenvalue weighted by atomic mass is 16.5. The number of methoxy groups -OCH3 is 1. The summed E-state index contributed by atoms with van der Waals surface area (Å²) in [5.74, 6) is 1.92. The van der Waals surface area contributed by atoms with Crippen molar-refractivity contribution in [3.63, 3.8) is 0 Å². The number of amides is 1. The van der Waals surface area contributed by atoms with Crippen LogP contribution >= 0.6 is 0 Å². The fourth-order valence-corrected chi connectivity index (χ4v) is 4.99. The summed E-state index contributed by atoms with van der Waals surface area (Å²) in [6.07, 6.45) is 8.28. The van der Waals surface area contributed by atoms with Crippen molar-refractivity contribution in [2.24, 2.45) is 5.92 Å². The molecule has 1 aliphatic heterocycles. The first kappa shape index (κ1) is 20.9. The number of likely N-dealkylation sites (tertiary alicyclic amines) is 1. The molecule has 0 radical (unpaired) electrons. The molecule has 0 spiro atoms. The number of nitrogens with zero attached hydrogens (tertiary/aromatic N) is 3. The van der Waals surface area contributed by atoms with E-state index in [4.69, 9.17) is 9.26 Å². The minimum absolute atomic E-state index is 0.0318. The van der Waals surface area contributed by atoms with E-state index in [2.05, 4.69) is 35.2 Å². The van der Waals surface area contributed by atoms with Gasteiger partial charge in [0.05, 0.1) is 13.3 Å². The van der Waals surface area contributed by atoms with Crippen LogP contribution in [0.5, 0.6) is 5.75 Å². The van der Waals surface area contributed by atoms with E-state index in [0.717, 1.165) is 57.6 Å². The molecule has 1 atom stereocenters. The van der Waals surface area contributed by atoms with Crippen LogP contribution < -0.4 is 4.74 Å². The van der Waals surface area contributed by atoms with Crippen LogP contribution in [0.1, 0.15) is 54.3 Å². The fraction of sp³-hybridized carbons (Fsp3) is 0.583. The second-order valence-corrected chi connectivity index (χ2v) is 8.64. The third-order valence-corrected chi connectivity index (χ3v) is 6.69. The third-order valence-electron chi connectivity index (χ3n) is 6.69. The second-order valence-electron chi connectivity index (χ2n) is 8.64. The highest BCUT2D eigenvalue weighted by Gasteiger charge is 2.29. The zero-order valence-corrected chi connectivity index (χ0v) is 18.2. The Labute approximate surface area is 179 Å². The molecule has 1 amide bonds. The molecule has 1 aromatic heterocycles. The van der Waals surface area contributed by atoms with E-state index in [-0.39, 0.29) is 5.91 Å². The van der Waals surface area contributed by atoms with Gasteiger partial charge in [0.15, 0.2) is 0 Å². The summed E-state index contributed by atoms with van der Waals surface area (Å²) in [7, 11) is 1.74. The number of aromatic nitrogens is 1. The van der Waals surface area contributed by atoms with Crippen molar-refractivity contribution >= 4 is 5.91 Å². The Hall–Kier alpha value is -2.34. The predicted octanol–water partition coefficient (Wildman–Crippen LogP) is 3.80. The molecule has 1 fully saturated rings. The maximum Gasteiger partial charge on any atom is 0.292 e. The third kappa shape index (κ3) is 4.69. The Morgan fingerprint density at radius 1 is 1.23 bits per heavy atom. The van der Waals surface area contributed by atoms with E-state index in [0.29, 0.717) is 17.7 Å². The van der Waals surface area contributed by atoms with Crippen LogP contribution in [0.4, 0.5) is 0 Å². The molecule has 0 saturated carbocycles. The van der Waals surface area contributed by atoms with E-state index < -0.39 is 0 Å². The van der Waals surface area contributed by atoms with Crippen molar-refractivity contribution in [3.8, 4) is 5.75 Å². The van der Waals surface area contributed by atoms with Crippen LogP contribution in [0.2, 0.25) is 0 Å². The number of piperidine rings is 1. The van der Waals surface area contributed by atoms with Crippen LogP contribution in [0.15, 0.2) is 35.0 Å². The molecule has 1 saturated heterocycles. The van der Waals surface area contributed by atoms with Crippen molar-refractivity contribution in [1.82, 2.24) is 15.0 Å². The Kier molecular flexibility index (Phi) is 6.72. The molecule has 1 aromatic carbocycles. The number of hydrogen-bond donors (Lipinski definition) is 0. The van der Waals surface area contributed by atoms with Gasteiger partial charge in [0.1, 0.15) is 5.75 Å². The van der Waals surface area contributed by atoms with Gasteiger partial charge >= 0.3 is 0 Å². The molecule has 30 heavy (non-hydrogen) atoms. The number of hydrogen-bond acceptors (Lipinski definition) is 5. The number of benzene rings is 1. The summed E-state index contributed by atoms with van der Waals surface area (Å²) < 4.78 is 10.4. The van der Waals surface area contributed by atoms with Gasteiger partial charge in [-0.2, -0.15) is 0 Å². The van der Waals surface area contributed by atoms with Crippen molar-refractivity contribution in [2.45, 2.75) is 51.5 Å². The summed E-state index contributed by atoms with van der Waals surface area (Å²) >= 11 is 0. The number of ether oxygens (including phenoxy) is 1. The van der Waals surface area contributed by atoms with Crippen molar-refractivity contribution < 1.29 is 14.1 Å². The minimum Gasteiger partial charge on any atom is -0.497 e. The maximum absolute atomic E-state index is 12.5. The highest BCUT2D eigenvalue weighted by molar-refractivity contribution is 5.91. The molecule has 6 nitrogen and oxygen atoms in total. The zero-order valence-electron chi connectivity index (χ0n) is 18.2. The van der Waals surface area contributed by atoms with E-state index in [1.807, 2.05) is 4.90 Å². The van der Waals surface area contributed by atoms with Crippen LogP contribution in [-0.2, 0) is 12.8 Å². The highest BCUT2D eigenvalue weighted by Crippen LogP contribution is 2.29. The topological polar surface area (TPSA) is 58.8 Å². The lowest BCUT2D eigenvalue weighted by molar-refractivity contribution is 0.0604. The largest absolute Gasteiger partial charge is 0.497 e. The molecule has 162 valence electrons. The average Bonchev–Trinajstić information content (AvgIpc) is 3.33. The first-order valence-electron chi connectivity index (χ1n) is 11.3. The molecular formula is C24H33N3O3. The van der Waals surface area contributed by atoms with Gasteiger partial charge in [-0.3, -0.25) is 9.69 Å². The Morgan fingerprint density at radius 2 is 2.07 bits per heavy atom. The standard InChI is InChI=1S/C24H33N3O3/c1-3-12-27(21-6-4-20-16-22(29-2)7-5-19(20)15-21)17-18-9-13-26(14-10-18)24(28)23-8-11-25-30-23/h5,7-8,11,16,18,21H,3-4,6,9-10,12-15,17H2,1-2H3. The lowest BCUT2D eigenvalue weighted by Crippen LogP contribution is -2.46. The Bertz CT molecular complexity index is 828. The number of carbonyl (C=O) groups excluding carboxylic acids is 1. The predicted molar refractivity (Wildman–Crippen MR) is 116 cm³/mol. The van der Waals surface area contributed by atoms with Crippen LogP contribution in [0.25, 0.3) is 0 Å². The first-order valence-corrected chi connectivity index (χ1v) is 11.3. The lowest BCUT2D eigenvalue weighted by atomic mass is 9.86. The van der Waals surface area contributed by atoms with E-state index in [1.54, 1.807) is 13.2 Å².